The van der Waals surface area contributed by atoms with Crippen molar-refractivity contribution >= 4 is 5.82 Å². The largest absolute Gasteiger partial charge is 0.370 e. The molecule has 0 radical (unpaired) electrons. The van der Waals surface area contributed by atoms with E-state index in [1.54, 1.807) is 6.20 Å². The first kappa shape index (κ1) is 16.7. The van der Waals surface area contributed by atoms with Gasteiger partial charge in [-0.05, 0) is 44.0 Å². The van der Waals surface area contributed by atoms with Gasteiger partial charge in [-0.1, -0.05) is 36.4 Å². The van der Waals surface area contributed by atoms with Crippen LogP contribution in [0.5, 0.6) is 0 Å². The first-order valence-corrected chi connectivity index (χ1v) is 9.19. The zero-order chi connectivity index (χ0) is 17.6. The maximum Gasteiger partial charge on any atom is 0.162 e. The first-order valence-electron chi connectivity index (χ1n) is 9.19. The fraction of sp³-hybridized carbons (Fsp3) is 0.286. The van der Waals surface area contributed by atoms with Crippen LogP contribution in [0.1, 0.15) is 12.8 Å². The third kappa shape index (κ3) is 4.06. The van der Waals surface area contributed by atoms with Gasteiger partial charge in [-0.15, -0.1) is 0 Å². The van der Waals surface area contributed by atoms with Crippen LogP contribution in [-0.2, 0) is 0 Å². The van der Waals surface area contributed by atoms with Crippen molar-refractivity contribution in [3.05, 3.63) is 60.8 Å². The lowest BCUT2D eigenvalue weighted by molar-refractivity contribution is 0.389. The molecule has 0 bridgehead atoms. The van der Waals surface area contributed by atoms with Crippen LogP contribution in [0, 0.1) is 5.92 Å². The summed E-state index contributed by atoms with van der Waals surface area (Å²) in [6.45, 7) is 3.14. The standard InChI is InChI=1S/C21H23N5/c1-2-6-17(7-3-1)21-25-19(18-8-4-5-11-23-18)14-20(26-21)24-15-16-9-12-22-13-10-16/h1-8,11,14,16,22H,9-10,12-13,15H2,(H,24,25,26). The highest BCUT2D eigenvalue weighted by molar-refractivity contribution is 5.65. The zero-order valence-electron chi connectivity index (χ0n) is 14.7. The maximum atomic E-state index is 4.75. The SMILES string of the molecule is c1ccc(-c2nc(NCC3CCNCC3)cc(-c3ccccn3)n2)cc1. The molecule has 3 aromatic rings. The van der Waals surface area contributed by atoms with Crippen molar-refractivity contribution in [1.82, 2.24) is 20.3 Å². The lowest BCUT2D eigenvalue weighted by atomic mass is 9.98. The van der Waals surface area contributed by atoms with Gasteiger partial charge in [-0.25, -0.2) is 9.97 Å². The summed E-state index contributed by atoms with van der Waals surface area (Å²) >= 11 is 0. The fourth-order valence-corrected chi connectivity index (χ4v) is 3.23. The summed E-state index contributed by atoms with van der Waals surface area (Å²) in [5, 5.41) is 6.94. The van der Waals surface area contributed by atoms with E-state index < -0.39 is 0 Å². The van der Waals surface area contributed by atoms with Gasteiger partial charge in [0, 0.05) is 24.4 Å². The van der Waals surface area contributed by atoms with E-state index >= 15 is 0 Å². The van der Waals surface area contributed by atoms with Gasteiger partial charge in [0.25, 0.3) is 0 Å². The molecule has 2 N–H and O–H groups in total. The Hall–Kier alpha value is -2.79. The summed E-state index contributed by atoms with van der Waals surface area (Å²) in [6, 6.07) is 18.0. The third-order valence-corrected chi connectivity index (χ3v) is 4.72. The molecule has 132 valence electrons. The Morgan fingerprint density at radius 2 is 1.73 bits per heavy atom. The van der Waals surface area contributed by atoms with Crippen molar-refractivity contribution < 1.29 is 0 Å². The molecule has 2 aromatic heterocycles. The highest BCUT2D eigenvalue weighted by Gasteiger charge is 2.14. The second-order valence-corrected chi connectivity index (χ2v) is 6.62. The van der Waals surface area contributed by atoms with Gasteiger partial charge in [0.2, 0.25) is 0 Å². The molecule has 1 saturated heterocycles. The van der Waals surface area contributed by atoms with E-state index in [0.717, 1.165) is 48.2 Å². The summed E-state index contributed by atoms with van der Waals surface area (Å²) in [5.41, 5.74) is 2.71. The summed E-state index contributed by atoms with van der Waals surface area (Å²) in [4.78, 5) is 13.9. The quantitative estimate of drug-likeness (QED) is 0.739. The molecule has 0 atom stereocenters. The van der Waals surface area contributed by atoms with E-state index in [9.17, 15) is 0 Å². The van der Waals surface area contributed by atoms with E-state index in [2.05, 4.69) is 15.6 Å². The lowest BCUT2D eigenvalue weighted by Gasteiger charge is -2.23. The van der Waals surface area contributed by atoms with Crippen molar-refractivity contribution in [2.75, 3.05) is 25.0 Å². The van der Waals surface area contributed by atoms with Gasteiger partial charge >= 0.3 is 0 Å². The summed E-state index contributed by atoms with van der Waals surface area (Å²) in [5.74, 6) is 2.27. The van der Waals surface area contributed by atoms with Gasteiger partial charge in [0.1, 0.15) is 5.82 Å². The van der Waals surface area contributed by atoms with E-state index in [-0.39, 0.29) is 0 Å². The fourth-order valence-electron chi connectivity index (χ4n) is 3.23. The van der Waals surface area contributed by atoms with Crippen molar-refractivity contribution in [1.29, 1.82) is 0 Å². The lowest BCUT2D eigenvalue weighted by Crippen LogP contribution is -2.31. The Balaban J connectivity index is 1.64. The predicted molar refractivity (Wildman–Crippen MR) is 105 cm³/mol. The monoisotopic (exact) mass is 345 g/mol. The second kappa shape index (κ2) is 8.06. The number of hydrogen-bond acceptors (Lipinski definition) is 5. The Kier molecular flexibility index (Phi) is 5.17. The highest BCUT2D eigenvalue weighted by Crippen LogP contribution is 2.23. The predicted octanol–water partition coefficient (Wildman–Crippen LogP) is 3.62. The molecule has 3 heterocycles. The number of hydrogen-bond donors (Lipinski definition) is 2. The molecule has 5 nitrogen and oxygen atoms in total. The molecule has 1 aromatic carbocycles. The second-order valence-electron chi connectivity index (χ2n) is 6.62. The van der Waals surface area contributed by atoms with Crippen LogP contribution < -0.4 is 10.6 Å². The Labute approximate surface area is 153 Å². The van der Waals surface area contributed by atoms with Crippen LogP contribution in [0.3, 0.4) is 0 Å². The minimum atomic E-state index is 0.685. The van der Waals surface area contributed by atoms with E-state index in [1.807, 2.05) is 54.6 Å². The van der Waals surface area contributed by atoms with E-state index in [0.29, 0.717) is 5.92 Å². The number of nitrogens with zero attached hydrogens (tertiary/aromatic N) is 3. The maximum absolute atomic E-state index is 4.75. The number of piperidine rings is 1. The minimum absolute atomic E-state index is 0.685. The van der Waals surface area contributed by atoms with Crippen LogP contribution in [0.2, 0.25) is 0 Å². The van der Waals surface area contributed by atoms with Crippen LogP contribution in [0.4, 0.5) is 5.82 Å². The van der Waals surface area contributed by atoms with Crippen molar-refractivity contribution in [2.24, 2.45) is 5.92 Å². The summed E-state index contributed by atoms with van der Waals surface area (Å²) in [6.07, 6.45) is 4.20. The number of aromatic nitrogens is 3. The normalized spacial score (nSPS) is 14.9. The van der Waals surface area contributed by atoms with Crippen LogP contribution in [0.15, 0.2) is 60.8 Å². The average molecular weight is 345 g/mol. The van der Waals surface area contributed by atoms with Crippen LogP contribution in [0.25, 0.3) is 22.8 Å². The number of nitrogens with one attached hydrogen (secondary N) is 2. The van der Waals surface area contributed by atoms with Gasteiger partial charge in [-0.3, -0.25) is 4.98 Å². The Bertz CT molecular complexity index is 772. The molecule has 0 aliphatic carbocycles. The van der Waals surface area contributed by atoms with Crippen molar-refractivity contribution in [3.63, 3.8) is 0 Å². The molecule has 1 aliphatic heterocycles. The van der Waals surface area contributed by atoms with Gasteiger partial charge in [0.15, 0.2) is 5.82 Å². The Morgan fingerprint density at radius 1 is 0.923 bits per heavy atom. The molecule has 5 heteroatoms. The topological polar surface area (TPSA) is 62.7 Å². The van der Waals surface area contributed by atoms with Gasteiger partial charge in [0.05, 0.1) is 11.4 Å². The number of benzene rings is 1. The summed E-state index contributed by atoms with van der Waals surface area (Å²) in [7, 11) is 0. The molecule has 0 amide bonds. The van der Waals surface area contributed by atoms with Crippen LogP contribution in [-0.4, -0.2) is 34.6 Å². The smallest absolute Gasteiger partial charge is 0.162 e. The third-order valence-electron chi connectivity index (χ3n) is 4.72. The molecule has 1 fully saturated rings. The number of pyridine rings is 1. The number of rotatable bonds is 5. The molecular weight excluding hydrogens is 322 g/mol. The average Bonchev–Trinajstić information content (AvgIpc) is 2.74. The molecule has 0 unspecified atom stereocenters. The molecular formula is C21H23N5. The Morgan fingerprint density at radius 3 is 2.50 bits per heavy atom. The minimum Gasteiger partial charge on any atom is -0.370 e. The number of anilines is 1. The molecule has 4 rings (SSSR count). The summed E-state index contributed by atoms with van der Waals surface area (Å²) < 4.78 is 0. The molecule has 0 spiro atoms. The van der Waals surface area contributed by atoms with Gasteiger partial charge < -0.3 is 10.6 Å². The van der Waals surface area contributed by atoms with E-state index in [4.69, 9.17) is 9.97 Å². The molecule has 26 heavy (non-hydrogen) atoms. The van der Waals surface area contributed by atoms with Gasteiger partial charge in [-0.2, -0.15) is 0 Å². The van der Waals surface area contributed by atoms with Crippen LogP contribution >= 0.6 is 0 Å². The van der Waals surface area contributed by atoms with Crippen molar-refractivity contribution in [3.8, 4) is 22.8 Å². The van der Waals surface area contributed by atoms with Crippen molar-refractivity contribution in [2.45, 2.75) is 12.8 Å². The zero-order valence-corrected chi connectivity index (χ0v) is 14.7. The molecule has 1 aliphatic rings. The van der Waals surface area contributed by atoms with E-state index in [1.165, 1.54) is 12.8 Å². The molecule has 0 saturated carbocycles. The highest BCUT2D eigenvalue weighted by atomic mass is 15.0. The first-order chi connectivity index (χ1) is 12.9.